The summed E-state index contributed by atoms with van der Waals surface area (Å²) in [5.74, 6) is -0.394. The summed E-state index contributed by atoms with van der Waals surface area (Å²) < 4.78 is 10.6. The number of hydrogen-bond acceptors (Lipinski definition) is 6. The fourth-order valence-electron chi connectivity index (χ4n) is 4.11. The maximum absolute atomic E-state index is 13.4. The van der Waals surface area contributed by atoms with Gasteiger partial charge in [-0.15, -0.1) is 0 Å². The second-order valence-electron chi connectivity index (χ2n) is 7.88. The van der Waals surface area contributed by atoms with E-state index in [1.165, 1.54) is 9.80 Å². The van der Waals surface area contributed by atoms with Gasteiger partial charge in [-0.25, -0.2) is 4.79 Å². The highest BCUT2D eigenvalue weighted by Crippen LogP contribution is 2.45. The van der Waals surface area contributed by atoms with E-state index >= 15 is 0 Å². The second-order valence-corrected chi connectivity index (χ2v) is 7.88. The van der Waals surface area contributed by atoms with E-state index in [9.17, 15) is 14.4 Å². The number of anilines is 1. The number of aromatic nitrogens is 1. The highest BCUT2D eigenvalue weighted by atomic mass is 16.5. The van der Waals surface area contributed by atoms with Gasteiger partial charge in [0.2, 0.25) is 11.6 Å². The summed E-state index contributed by atoms with van der Waals surface area (Å²) in [6.07, 6.45) is 0.351. The van der Waals surface area contributed by atoms with E-state index < -0.39 is 11.6 Å². The van der Waals surface area contributed by atoms with Crippen molar-refractivity contribution in [3.05, 3.63) is 47.3 Å². The van der Waals surface area contributed by atoms with Crippen LogP contribution in [0.15, 0.2) is 34.9 Å². The first-order valence-electron chi connectivity index (χ1n) is 9.68. The summed E-state index contributed by atoms with van der Waals surface area (Å²) in [6, 6.07) is 8.57. The smallest absolute Gasteiger partial charge is 0.354 e. The average molecular weight is 397 g/mol. The number of carbonyl (C=O) groups excluding carboxylic acids is 3. The zero-order chi connectivity index (χ0) is 20.8. The molecule has 0 radical (unpaired) electrons. The molecule has 1 atom stereocenters. The molecule has 152 valence electrons. The third kappa shape index (κ3) is 2.99. The van der Waals surface area contributed by atoms with Crippen molar-refractivity contribution in [2.24, 2.45) is 5.92 Å². The Labute approximate surface area is 168 Å². The Hall–Kier alpha value is -3.16. The van der Waals surface area contributed by atoms with E-state index in [-0.39, 0.29) is 37.2 Å². The number of amides is 2. The summed E-state index contributed by atoms with van der Waals surface area (Å²) in [5.41, 5.74) is -0.139. The van der Waals surface area contributed by atoms with E-state index in [0.29, 0.717) is 29.2 Å². The van der Waals surface area contributed by atoms with E-state index in [2.05, 4.69) is 5.16 Å². The fraction of sp³-hybridized carbons (Fsp3) is 0.429. The first-order chi connectivity index (χ1) is 13.8. The first-order valence-corrected chi connectivity index (χ1v) is 9.68. The van der Waals surface area contributed by atoms with Gasteiger partial charge in [0.05, 0.1) is 11.3 Å². The second kappa shape index (κ2) is 7.02. The van der Waals surface area contributed by atoms with E-state index in [1.807, 2.05) is 13.8 Å². The lowest BCUT2D eigenvalue weighted by Gasteiger charge is -2.48. The van der Waals surface area contributed by atoms with Crippen molar-refractivity contribution < 1.29 is 23.6 Å². The number of rotatable bonds is 5. The molecule has 3 heterocycles. The highest BCUT2D eigenvalue weighted by molar-refractivity contribution is 6.15. The number of para-hydroxylation sites is 1. The third-order valence-corrected chi connectivity index (χ3v) is 5.28. The fourth-order valence-corrected chi connectivity index (χ4v) is 4.11. The molecule has 8 heteroatoms. The predicted molar refractivity (Wildman–Crippen MR) is 103 cm³/mol. The van der Waals surface area contributed by atoms with Crippen molar-refractivity contribution in [1.29, 1.82) is 0 Å². The minimum Gasteiger partial charge on any atom is -0.456 e. The standard InChI is InChI=1S/C21H23N3O5/c1-13(2)11-23-19(26)16-6-4-5-7-17(16)24-18(25)8-9-21(23,24)20(27)28-12-15-10-14(3)29-22-15/h4-7,10,13H,8-9,11-12H2,1-3H3/t21-/m1/s1. The molecule has 0 bridgehead atoms. The molecule has 2 aliphatic rings. The SMILES string of the molecule is Cc1cc(COC(=O)[C@@]23CCC(=O)N2c2ccccc2C(=O)N3CC(C)C)no1. The minimum atomic E-state index is -1.48. The Morgan fingerprint density at radius 2 is 2.07 bits per heavy atom. The highest BCUT2D eigenvalue weighted by Gasteiger charge is 2.61. The van der Waals surface area contributed by atoms with Crippen LogP contribution >= 0.6 is 0 Å². The number of esters is 1. The van der Waals surface area contributed by atoms with Crippen molar-refractivity contribution in [3.8, 4) is 0 Å². The molecule has 0 unspecified atom stereocenters. The van der Waals surface area contributed by atoms with Crippen molar-refractivity contribution in [1.82, 2.24) is 10.1 Å². The topological polar surface area (TPSA) is 93.0 Å². The molecule has 0 aliphatic carbocycles. The lowest BCUT2D eigenvalue weighted by atomic mass is 9.95. The molecule has 0 spiro atoms. The quantitative estimate of drug-likeness (QED) is 0.720. The Bertz CT molecular complexity index is 982. The third-order valence-electron chi connectivity index (χ3n) is 5.28. The van der Waals surface area contributed by atoms with Crippen molar-refractivity contribution in [2.45, 2.75) is 45.9 Å². The Morgan fingerprint density at radius 3 is 2.76 bits per heavy atom. The molecule has 1 fully saturated rings. The summed E-state index contributed by atoms with van der Waals surface area (Å²) in [7, 11) is 0. The molecule has 1 aromatic heterocycles. The van der Waals surface area contributed by atoms with E-state index in [1.54, 1.807) is 37.3 Å². The van der Waals surface area contributed by atoms with E-state index in [4.69, 9.17) is 9.26 Å². The van der Waals surface area contributed by atoms with Crippen molar-refractivity contribution in [3.63, 3.8) is 0 Å². The Kier molecular flexibility index (Phi) is 4.64. The molecule has 1 aromatic carbocycles. The number of nitrogens with zero attached hydrogens (tertiary/aromatic N) is 3. The molecule has 8 nitrogen and oxygen atoms in total. The molecule has 4 rings (SSSR count). The molecule has 29 heavy (non-hydrogen) atoms. The minimum absolute atomic E-state index is 0.0920. The maximum atomic E-state index is 13.4. The number of benzene rings is 1. The predicted octanol–water partition coefficient (Wildman–Crippen LogP) is 2.66. The van der Waals surface area contributed by atoms with Crippen molar-refractivity contribution >= 4 is 23.5 Å². The van der Waals surface area contributed by atoms with Crippen LogP contribution in [-0.4, -0.2) is 40.0 Å². The van der Waals surface area contributed by atoms with Gasteiger partial charge in [-0.3, -0.25) is 14.5 Å². The number of aryl methyl sites for hydroxylation is 1. The average Bonchev–Trinajstić information content (AvgIpc) is 3.27. The van der Waals surface area contributed by atoms with Gasteiger partial charge in [0.1, 0.15) is 18.1 Å². The molecule has 2 aromatic rings. The molecule has 2 amide bonds. The van der Waals surface area contributed by atoms with Crippen LogP contribution in [0.3, 0.4) is 0 Å². The van der Waals surface area contributed by atoms with Gasteiger partial charge in [0, 0.05) is 25.5 Å². The van der Waals surface area contributed by atoms with Crippen LogP contribution in [0.1, 0.15) is 48.5 Å². The van der Waals surface area contributed by atoms with Crippen LogP contribution in [-0.2, 0) is 20.9 Å². The normalized spacial score (nSPS) is 20.8. The molecular weight excluding hydrogens is 374 g/mol. The van der Waals surface area contributed by atoms with Crippen LogP contribution in [0.4, 0.5) is 5.69 Å². The largest absolute Gasteiger partial charge is 0.456 e. The first kappa shape index (κ1) is 19.2. The van der Waals surface area contributed by atoms with Gasteiger partial charge in [-0.05, 0) is 25.0 Å². The van der Waals surface area contributed by atoms with Gasteiger partial charge in [-0.2, -0.15) is 0 Å². The lowest BCUT2D eigenvalue weighted by Crippen LogP contribution is -2.69. The van der Waals surface area contributed by atoms with E-state index in [0.717, 1.165) is 0 Å². The number of ether oxygens (including phenoxy) is 1. The van der Waals surface area contributed by atoms with Gasteiger partial charge in [0.15, 0.2) is 0 Å². The zero-order valence-corrected chi connectivity index (χ0v) is 16.7. The summed E-state index contributed by atoms with van der Waals surface area (Å²) in [6.45, 7) is 5.91. The van der Waals surface area contributed by atoms with Crippen LogP contribution in [0, 0.1) is 12.8 Å². The number of carbonyl (C=O) groups is 3. The lowest BCUT2D eigenvalue weighted by molar-refractivity contribution is -0.159. The summed E-state index contributed by atoms with van der Waals surface area (Å²) in [5, 5.41) is 3.84. The summed E-state index contributed by atoms with van der Waals surface area (Å²) >= 11 is 0. The molecule has 0 saturated carbocycles. The monoisotopic (exact) mass is 397 g/mol. The van der Waals surface area contributed by atoms with Gasteiger partial charge in [0.25, 0.3) is 5.91 Å². The molecular formula is C21H23N3O5. The zero-order valence-electron chi connectivity index (χ0n) is 16.7. The van der Waals surface area contributed by atoms with Crippen LogP contribution in [0.5, 0.6) is 0 Å². The van der Waals surface area contributed by atoms with Crippen molar-refractivity contribution in [2.75, 3.05) is 11.4 Å². The van der Waals surface area contributed by atoms with Gasteiger partial charge in [-0.1, -0.05) is 31.1 Å². The molecule has 0 N–H and O–H groups in total. The number of fused-ring (bicyclic) bond motifs is 3. The number of hydrogen-bond donors (Lipinski definition) is 0. The van der Waals surface area contributed by atoms with Gasteiger partial charge >= 0.3 is 5.97 Å². The van der Waals surface area contributed by atoms with Gasteiger partial charge < -0.3 is 14.2 Å². The molecule has 2 aliphatic heterocycles. The van der Waals surface area contributed by atoms with Crippen LogP contribution in [0.2, 0.25) is 0 Å². The Balaban J connectivity index is 1.76. The summed E-state index contributed by atoms with van der Waals surface area (Å²) in [4.78, 5) is 42.5. The Morgan fingerprint density at radius 1 is 1.31 bits per heavy atom. The maximum Gasteiger partial charge on any atom is 0.354 e. The molecule has 1 saturated heterocycles. The van der Waals surface area contributed by atoms with Crippen LogP contribution in [0.25, 0.3) is 0 Å². The van der Waals surface area contributed by atoms with Crippen LogP contribution < -0.4 is 4.90 Å².